The highest BCUT2D eigenvalue weighted by Crippen LogP contribution is 2.71. The van der Waals surface area contributed by atoms with E-state index in [9.17, 15) is 19.5 Å². The standard InChI is InChI=1S/C23H34O6/c1-13(25)28-15-7-10-22(4)17-8-9-21(3)16(5-6-19(21)29-14(2)26)20(17)18(12-24)23(22,27)11-15/h12,15-20,27H,5-11H2,1-4H3/t15-,16+,17+,18-,19-,20-,21+,22-,23+/m0/s1. The third-order valence-electron chi connectivity index (χ3n) is 9.33. The molecule has 0 aromatic carbocycles. The Balaban J connectivity index is 1.68. The van der Waals surface area contributed by atoms with Crippen LogP contribution < -0.4 is 0 Å². The maximum Gasteiger partial charge on any atom is 0.302 e. The van der Waals surface area contributed by atoms with Gasteiger partial charge in [0.25, 0.3) is 0 Å². The van der Waals surface area contributed by atoms with Crippen molar-refractivity contribution in [1.82, 2.24) is 0 Å². The minimum absolute atomic E-state index is 0.0814. The van der Waals surface area contributed by atoms with Crippen LogP contribution >= 0.6 is 0 Å². The zero-order chi connectivity index (χ0) is 21.2. The number of hydrogen-bond acceptors (Lipinski definition) is 6. The van der Waals surface area contributed by atoms with Gasteiger partial charge in [0.15, 0.2) is 0 Å². The lowest BCUT2D eigenvalue weighted by Crippen LogP contribution is -2.55. The molecule has 9 atom stereocenters. The number of ether oxygens (including phenoxy) is 2. The minimum Gasteiger partial charge on any atom is -0.462 e. The Morgan fingerprint density at radius 3 is 2.28 bits per heavy atom. The van der Waals surface area contributed by atoms with Gasteiger partial charge in [0.05, 0.1) is 5.60 Å². The first-order chi connectivity index (χ1) is 13.6. The highest BCUT2D eigenvalue weighted by Gasteiger charge is 2.72. The number of esters is 2. The van der Waals surface area contributed by atoms with E-state index in [1.165, 1.54) is 13.8 Å². The van der Waals surface area contributed by atoms with E-state index in [0.29, 0.717) is 6.42 Å². The molecule has 6 heteroatoms. The van der Waals surface area contributed by atoms with Gasteiger partial charge >= 0.3 is 11.9 Å². The van der Waals surface area contributed by atoms with Crippen LogP contribution in [0, 0.1) is 34.5 Å². The fourth-order valence-electron chi connectivity index (χ4n) is 8.02. The molecule has 4 aliphatic rings. The fraction of sp³-hybridized carbons (Fsp3) is 0.870. The average Bonchev–Trinajstić information content (AvgIpc) is 3.04. The molecule has 4 aliphatic carbocycles. The summed E-state index contributed by atoms with van der Waals surface area (Å²) in [6.07, 6.45) is 5.93. The topological polar surface area (TPSA) is 89.9 Å². The van der Waals surface area contributed by atoms with Crippen molar-refractivity contribution in [2.24, 2.45) is 34.5 Å². The summed E-state index contributed by atoms with van der Waals surface area (Å²) in [6.45, 7) is 7.19. The van der Waals surface area contributed by atoms with Gasteiger partial charge in [-0.2, -0.15) is 0 Å². The van der Waals surface area contributed by atoms with Gasteiger partial charge in [-0.15, -0.1) is 0 Å². The third kappa shape index (κ3) is 2.81. The summed E-state index contributed by atoms with van der Waals surface area (Å²) in [4.78, 5) is 35.5. The smallest absolute Gasteiger partial charge is 0.302 e. The molecule has 0 amide bonds. The van der Waals surface area contributed by atoms with Crippen LogP contribution in [0.4, 0.5) is 0 Å². The summed E-state index contributed by atoms with van der Waals surface area (Å²) >= 11 is 0. The lowest BCUT2D eigenvalue weighted by molar-refractivity contribution is -0.174. The molecule has 0 unspecified atom stereocenters. The zero-order valence-electron chi connectivity index (χ0n) is 18.0. The molecule has 0 aliphatic heterocycles. The van der Waals surface area contributed by atoms with Gasteiger partial charge in [0.2, 0.25) is 0 Å². The molecule has 162 valence electrons. The summed E-state index contributed by atoms with van der Waals surface area (Å²) in [5.41, 5.74) is -1.67. The highest BCUT2D eigenvalue weighted by molar-refractivity contribution is 5.66. The molecule has 4 fully saturated rings. The number of aliphatic hydroxyl groups is 1. The normalized spacial score (nSPS) is 50.8. The van der Waals surface area contributed by atoms with E-state index in [-0.39, 0.29) is 52.7 Å². The number of hydrogen-bond donors (Lipinski definition) is 1. The second-order valence-corrected chi connectivity index (χ2v) is 10.5. The maximum atomic E-state index is 12.4. The number of rotatable bonds is 3. The van der Waals surface area contributed by atoms with Crippen LogP contribution in [0.1, 0.15) is 72.6 Å². The average molecular weight is 407 g/mol. The number of fused-ring (bicyclic) bond motifs is 5. The van der Waals surface area contributed by atoms with Crippen molar-refractivity contribution in [2.75, 3.05) is 0 Å². The van der Waals surface area contributed by atoms with Gasteiger partial charge < -0.3 is 19.4 Å². The van der Waals surface area contributed by atoms with Gasteiger partial charge in [-0.3, -0.25) is 9.59 Å². The first-order valence-electron chi connectivity index (χ1n) is 11.1. The van der Waals surface area contributed by atoms with Crippen LogP contribution in [0.15, 0.2) is 0 Å². The molecule has 4 rings (SSSR count). The van der Waals surface area contributed by atoms with Gasteiger partial charge in [-0.25, -0.2) is 0 Å². The van der Waals surface area contributed by atoms with Gasteiger partial charge in [0, 0.05) is 37.0 Å². The molecule has 0 aromatic heterocycles. The maximum absolute atomic E-state index is 12.4. The zero-order valence-corrected chi connectivity index (χ0v) is 18.0. The molecular formula is C23H34O6. The summed E-state index contributed by atoms with van der Waals surface area (Å²) in [7, 11) is 0. The summed E-state index contributed by atoms with van der Waals surface area (Å²) < 4.78 is 11.1. The van der Waals surface area contributed by atoms with Crippen LogP contribution in [0.3, 0.4) is 0 Å². The van der Waals surface area contributed by atoms with Crippen LogP contribution in [0.25, 0.3) is 0 Å². The van der Waals surface area contributed by atoms with Crippen molar-refractivity contribution in [3.05, 3.63) is 0 Å². The van der Waals surface area contributed by atoms with Gasteiger partial charge in [-0.05, 0) is 56.3 Å². The van der Waals surface area contributed by atoms with E-state index < -0.39 is 11.5 Å². The predicted molar refractivity (Wildman–Crippen MR) is 105 cm³/mol. The molecule has 0 spiro atoms. The van der Waals surface area contributed by atoms with Gasteiger partial charge in [-0.1, -0.05) is 13.8 Å². The molecule has 4 saturated carbocycles. The molecule has 0 bridgehead atoms. The molecule has 1 N–H and O–H groups in total. The molecule has 0 radical (unpaired) electrons. The second-order valence-electron chi connectivity index (χ2n) is 10.5. The molecule has 0 aromatic rings. The molecular weight excluding hydrogens is 372 g/mol. The summed E-state index contributed by atoms with van der Waals surface area (Å²) in [5.74, 6) is -0.474. The first-order valence-corrected chi connectivity index (χ1v) is 11.1. The first kappa shape index (κ1) is 20.8. The quantitative estimate of drug-likeness (QED) is 0.572. The second kappa shape index (κ2) is 6.79. The lowest BCUT2D eigenvalue weighted by Gasteiger charge is -2.51. The van der Waals surface area contributed by atoms with Crippen molar-refractivity contribution in [1.29, 1.82) is 0 Å². The van der Waals surface area contributed by atoms with Crippen LogP contribution in [0.2, 0.25) is 0 Å². The lowest BCUT2D eigenvalue weighted by atomic mass is 9.55. The Hall–Kier alpha value is -1.43. The van der Waals surface area contributed by atoms with E-state index in [1.807, 2.05) is 0 Å². The third-order valence-corrected chi connectivity index (χ3v) is 9.33. The highest BCUT2D eigenvalue weighted by atomic mass is 16.5. The fourth-order valence-corrected chi connectivity index (χ4v) is 8.02. The number of aldehydes is 1. The molecule has 0 heterocycles. The Kier molecular flexibility index (Phi) is 4.88. The van der Waals surface area contributed by atoms with Crippen molar-refractivity contribution in [2.45, 2.75) is 90.4 Å². The number of carbonyl (C=O) groups is 3. The van der Waals surface area contributed by atoms with E-state index in [0.717, 1.165) is 44.8 Å². The van der Waals surface area contributed by atoms with E-state index >= 15 is 0 Å². The Bertz CT molecular complexity index is 720. The Labute approximate surface area is 172 Å². The Morgan fingerprint density at radius 1 is 0.966 bits per heavy atom. The summed E-state index contributed by atoms with van der Waals surface area (Å²) in [6, 6.07) is 0. The van der Waals surface area contributed by atoms with E-state index in [4.69, 9.17) is 9.47 Å². The van der Waals surface area contributed by atoms with Crippen LogP contribution in [0.5, 0.6) is 0 Å². The van der Waals surface area contributed by atoms with Crippen LogP contribution in [-0.4, -0.2) is 41.1 Å². The minimum atomic E-state index is -1.16. The van der Waals surface area contributed by atoms with Crippen molar-refractivity contribution < 1.29 is 29.0 Å². The molecule has 0 saturated heterocycles. The monoisotopic (exact) mass is 406 g/mol. The Morgan fingerprint density at radius 2 is 1.66 bits per heavy atom. The summed E-state index contributed by atoms with van der Waals surface area (Å²) in [5, 5.41) is 12.0. The van der Waals surface area contributed by atoms with Crippen LogP contribution in [-0.2, 0) is 23.9 Å². The van der Waals surface area contributed by atoms with E-state index in [1.54, 1.807) is 0 Å². The predicted octanol–water partition coefficient (Wildman–Crippen LogP) is 3.04. The van der Waals surface area contributed by atoms with Gasteiger partial charge in [0.1, 0.15) is 18.5 Å². The molecule has 6 nitrogen and oxygen atoms in total. The SMILES string of the molecule is CC(=O)O[C@H]1CC[C@@]2(C)[C@@H]3CC[C@@]4(C)[C@@H](OC(C)=O)CC[C@@H]4[C@@H]3[C@H](C=O)[C@]2(O)C1. The van der Waals surface area contributed by atoms with Crippen molar-refractivity contribution in [3.8, 4) is 0 Å². The largest absolute Gasteiger partial charge is 0.462 e. The molecule has 29 heavy (non-hydrogen) atoms. The van der Waals surface area contributed by atoms with Crippen molar-refractivity contribution in [3.63, 3.8) is 0 Å². The van der Waals surface area contributed by atoms with E-state index in [2.05, 4.69) is 13.8 Å². The van der Waals surface area contributed by atoms with Crippen molar-refractivity contribution >= 4 is 18.2 Å². The number of carbonyl (C=O) groups excluding carboxylic acids is 3.